The monoisotopic (exact) mass is 367 g/mol. The third kappa shape index (κ3) is 5.04. The maximum atomic E-state index is 12.2. The third-order valence-corrected chi connectivity index (χ3v) is 6.40. The zero-order valence-electron chi connectivity index (χ0n) is 14.7. The summed E-state index contributed by atoms with van der Waals surface area (Å²) in [6, 6.07) is 5.99. The van der Waals surface area contributed by atoms with Crippen molar-refractivity contribution in [3.8, 4) is 0 Å². The van der Waals surface area contributed by atoms with Crippen molar-refractivity contribution in [2.75, 3.05) is 12.4 Å². The number of esters is 1. The van der Waals surface area contributed by atoms with Gasteiger partial charge in [0, 0.05) is 6.04 Å². The maximum absolute atomic E-state index is 12.2. The van der Waals surface area contributed by atoms with Crippen molar-refractivity contribution in [1.82, 2.24) is 5.32 Å². The van der Waals surface area contributed by atoms with Gasteiger partial charge in [-0.25, -0.2) is 13.2 Å². The van der Waals surface area contributed by atoms with Crippen molar-refractivity contribution < 1.29 is 22.7 Å². The topological polar surface area (TPSA) is 89.5 Å². The normalized spacial score (nSPS) is 20.7. The van der Waals surface area contributed by atoms with E-state index in [9.17, 15) is 18.0 Å². The van der Waals surface area contributed by atoms with Crippen LogP contribution in [0.25, 0.3) is 0 Å². The molecule has 6 nitrogen and oxygen atoms in total. The number of carbonyl (C=O) groups excluding carboxylic acids is 2. The summed E-state index contributed by atoms with van der Waals surface area (Å²) >= 11 is 0. The Morgan fingerprint density at radius 2 is 1.88 bits per heavy atom. The van der Waals surface area contributed by atoms with Crippen molar-refractivity contribution in [2.24, 2.45) is 5.92 Å². The van der Waals surface area contributed by atoms with Crippen LogP contribution in [0.2, 0.25) is 0 Å². The second kappa shape index (κ2) is 8.47. The first-order chi connectivity index (χ1) is 11.8. The molecule has 0 radical (unpaired) electrons. The zero-order chi connectivity index (χ0) is 18.4. The van der Waals surface area contributed by atoms with Crippen molar-refractivity contribution in [1.29, 1.82) is 0 Å². The predicted molar refractivity (Wildman–Crippen MR) is 94.0 cm³/mol. The van der Waals surface area contributed by atoms with E-state index in [1.54, 1.807) is 12.1 Å². The van der Waals surface area contributed by atoms with Crippen LogP contribution in [0.4, 0.5) is 0 Å². The van der Waals surface area contributed by atoms with Gasteiger partial charge in [-0.15, -0.1) is 0 Å². The Morgan fingerprint density at radius 3 is 2.56 bits per heavy atom. The molecule has 1 fully saturated rings. The summed E-state index contributed by atoms with van der Waals surface area (Å²) in [5.41, 5.74) is -0.0387. The van der Waals surface area contributed by atoms with E-state index in [0.29, 0.717) is 5.92 Å². The average Bonchev–Trinajstić information content (AvgIpc) is 2.61. The highest BCUT2D eigenvalue weighted by molar-refractivity contribution is 7.91. The van der Waals surface area contributed by atoms with Gasteiger partial charge in [-0.2, -0.15) is 0 Å². The van der Waals surface area contributed by atoms with E-state index in [0.717, 1.165) is 19.3 Å². The van der Waals surface area contributed by atoms with Crippen molar-refractivity contribution >= 4 is 21.7 Å². The Hall–Kier alpha value is -1.89. The largest absolute Gasteiger partial charge is 0.452 e. The molecular weight excluding hydrogens is 342 g/mol. The molecule has 0 heterocycles. The van der Waals surface area contributed by atoms with Gasteiger partial charge in [0.05, 0.1) is 16.2 Å². The first kappa shape index (κ1) is 19.4. The van der Waals surface area contributed by atoms with Crippen LogP contribution in [0.15, 0.2) is 29.2 Å². The number of amides is 1. The summed E-state index contributed by atoms with van der Waals surface area (Å²) in [5, 5.41) is 2.90. The maximum Gasteiger partial charge on any atom is 0.339 e. The lowest BCUT2D eigenvalue weighted by Crippen LogP contribution is -2.42. The quantitative estimate of drug-likeness (QED) is 0.780. The Labute approximate surface area is 148 Å². The number of hydrogen-bond acceptors (Lipinski definition) is 5. The Kier molecular flexibility index (Phi) is 6.58. The molecule has 0 saturated heterocycles. The van der Waals surface area contributed by atoms with Crippen molar-refractivity contribution in [3.63, 3.8) is 0 Å². The molecule has 2 atom stereocenters. The van der Waals surface area contributed by atoms with Gasteiger partial charge in [0.1, 0.15) is 0 Å². The van der Waals surface area contributed by atoms with E-state index in [4.69, 9.17) is 4.74 Å². The summed E-state index contributed by atoms with van der Waals surface area (Å²) in [6.07, 6.45) is 4.26. The van der Waals surface area contributed by atoms with Gasteiger partial charge in [0.2, 0.25) is 0 Å². The van der Waals surface area contributed by atoms with Crippen LogP contribution in [0.1, 0.15) is 49.9 Å². The second-order valence-electron chi connectivity index (χ2n) is 6.41. The van der Waals surface area contributed by atoms with Crippen LogP contribution in [0.3, 0.4) is 0 Å². The van der Waals surface area contributed by atoms with Crippen LogP contribution in [0.5, 0.6) is 0 Å². The summed E-state index contributed by atoms with van der Waals surface area (Å²) in [4.78, 5) is 24.2. The molecule has 7 heteroatoms. The minimum atomic E-state index is -3.54. The molecule has 0 bridgehead atoms. The predicted octanol–water partition coefficient (Wildman–Crippen LogP) is 2.33. The average molecular weight is 367 g/mol. The molecule has 2 rings (SSSR count). The first-order valence-electron chi connectivity index (χ1n) is 8.63. The van der Waals surface area contributed by atoms with Gasteiger partial charge < -0.3 is 10.1 Å². The fourth-order valence-corrected chi connectivity index (χ4v) is 4.13. The number of nitrogens with one attached hydrogen (secondary N) is 1. The lowest BCUT2D eigenvalue weighted by atomic mass is 9.86. The van der Waals surface area contributed by atoms with Gasteiger partial charge in [0.25, 0.3) is 5.91 Å². The van der Waals surface area contributed by atoms with Crippen LogP contribution in [-0.2, 0) is 19.4 Å². The zero-order valence-corrected chi connectivity index (χ0v) is 15.5. The van der Waals surface area contributed by atoms with E-state index in [2.05, 4.69) is 12.2 Å². The van der Waals surface area contributed by atoms with Crippen molar-refractivity contribution in [3.05, 3.63) is 29.8 Å². The number of rotatable bonds is 6. The Morgan fingerprint density at radius 1 is 1.20 bits per heavy atom. The van der Waals surface area contributed by atoms with Crippen LogP contribution in [-0.4, -0.2) is 38.7 Å². The third-order valence-electron chi connectivity index (χ3n) is 4.61. The summed E-state index contributed by atoms with van der Waals surface area (Å²) in [7, 11) is -3.54. The second-order valence-corrected chi connectivity index (χ2v) is 8.66. The SMILES string of the molecule is CCS(=O)(=O)c1ccccc1C(=O)OCC(=O)N[C@@H]1CCCC[C@@H]1C. The Balaban J connectivity index is 1.98. The molecule has 1 aliphatic carbocycles. The fourth-order valence-electron chi connectivity index (χ4n) is 3.05. The smallest absolute Gasteiger partial charge is 0.339 e. The summed E-state index contributed by atoms with van der Waals surface area (Å²) in [5.74, 6) is -0.872. The number of benzene rings is 1. The van der Waals surface area contributed by atoms with Crippen LogP contribution < -0.4 is 5.32 Å². The minimum absolute atomic E-state index is 0.0387. The molecule has 0 aliphatic heterocycles. The number of ether oxygens (including phenoxy) is 1. The minimum Gasteiger partial charge on any atom is -0.452 e. The van der Waals surface area contributed by atoms with Gasteiger partial charge >= 0.3 is 5.97 Å². The highest BCUT2D eigenvalue weighted by Gasteiger charge is 2.25. The number of hydrogen-bond donors (Lipinski definition) is 1. The standard InChI is InChI=1S/C18H25NO5S/c1-3-25(22,23)16-11-7-5-9-14(16)18(21)24-12-17(20)19-15-10-6-4-8-13(15)2/h5,7,9,11,13,15H,3-4,6,8,10,12H2,1-2H3,(H,19,20)/t13-,15+/m0/s1. The van der Waals surface area contributed by atoms with Crippen molar-refractivity contribution in [2.45, 2.75) is 50.5 Å². The molecule has 1 amide bonds. The fraction of sp³-hybridized carbons (Fsp3) is 0.556. The number of carbonyl (C=O) groups is 2. The molecule has 0 spiro atoms. The summed E-state index contributed by atoms with van der Waals surface area (Å²) in [6.45, 7) is 3.20. The lowest BCUT2D eigenvalue weighted by molar-refractivity contribution is -0.125. The number of sulfone groups is 1. The molecule has 1 aliphatic rings. The molecular formula is C18H25NO5S. The van der Waals surface area contributed by atoms with Crippen LogP contribution >= 0.6 is 0 Å². The van der Waals surface area contributed by atoms with E-state index >= 15 is 0 Å². The molecule has 1 saturated carbocycles. The summed E-state index contributed by atoms with van der Waals surface area (Å²) < 4.78 is 29.2. The molecule has 0 aromatic heterocycles. The lowest BCUT2D eigenvalue weighted by Gasteiger charge is -2.29. The van der Waals surface area contributed by atoms with Crippen LogP contribution in [0, 0.1) is 5.92 Å². The van der Waals surface area contributed by atoms with E-state index in [1.807, 2.05) is 0 Å². The Bertz CT molecular complexity index is 729. The molecule has 25 heavy (non-hydrogen) atoms. The molecule has 1 aromatic carbocycles. The van der Waals surface area contributed by atoms with E-state index in [-0.39, 0.29) is 28.2 Å². The molecule has 1 aromatic rings. The molecule has 1 N–H and O–H groups in total. The van der Waals surface area contributed by atoms with Gasteiger partial charge in [-0.3, -0.25) is 4.79 Å². The van der Waals surface area contributed by atoms with Gasteiger partial charge in [-0.1, -0.05) is 38.8 Å². The molecule has 138 valence electrons. The highest BCUT2D eigenvalue weighted by atomic mass is 32.2. The van der Waals surface area contributed by atoms with Gasteiger partial charge in [0.15, 0.2) is 16.4 Å². The molecule has 0 unspecified atom stereocenters. The van der Waals surface area contributed by atoms with Gasteiger partial charge in [-0.05, 0) is 30.9 Å². The van der Waals surface area contributed by atoms with E-state index in [1.165, 1.54) is 25.5 Å². The van der Waals surface area contributed by atoms with E-state index < -0.39 is 22.4 Å². The first-order valence-corrected chi connectivity index (χ1v) is 10.3. The highest BCUT2D eigenvalue weighted by Crippen LogP contribution is 2.23.